The Bertz CT molecular complexity index is 410. The molecule has 2 unspecified atom stereocenters. The molecule has 5 N–H and O–H groups in total. The fraction of sp³-hybridized carbons (Fsp3) is 0.400. The van der Waals surface area contributed by atoms with Gasteiger partial charge < -0.3 is 21.1 Å². The molecule has 1 rings (SSSR count). The maximum Gasteiger partial charge on any atom is 0.292 e. The Morgan fingerprint density at radius 1 is 1.41 bits per heavy atom. The molecule has 0 amide bonds. The summed E-state index contributed by atoms with van der Waals surface area (Å²) in [4.78, 5) is 9.97. The molecule has 7 nitrogen and oxygen atoms in total. The number of aliphatic hydroxyl groups excluding tert-OH is 3. The Hall–Kier alpha value is -1.70. The Kier molecular flexibility index (Phi) is 4.38. The molecule has 1 aromatic rings. The number of anilines is 1. The van der Waals surface area contributed by atoms with E-state index in [2.05, 4.69) is 0 Å². The van der Waals surface area contributed by atoms with Gasteiger partial charge in [0.2, 0.25) is 0 Å². The summed E-state index contributed by atoms with van der Waals surface area (Å²) in [6, 6.07) is 3.80. The highest BCUT2D eigenvalue weighted by Crippen LogP contribution is 2.27. The molecule has 94 valence electrons. The third-order valence-corrected chi connectivity index (χ3v) is 2.38. The summed E-state index contributed by atoms with van der Waals surface area (Å²) in [6.07, 6.45) is -2.48. The van der Waals surface area contributed by atoms with Crippen molar-refractivity contribution in [1.82, 2.24) is 0 Å². The van der Waals surface area contributed by atoms with Crippen LogP contribution in [0.2, 0.25) is 0 Å². The van der Waals surface area contributed by atoms with Crippen molar-refractivity contribution in [3.05, 3.63) is 33.9 Å². The van der Waals surface area contributed by atoms with Crippen LogP contribution in [0, 0.1) is 10.1 Å². The molecule has 7 heteroatoms. The normalized spacial score (nSPS) is 14.3. The van der Waals surface area contributed by atoms with Crippen molar-refractivity contribution in [2.45, 2.75) is 18.6 Å². The Balaban J connectivity index is 2.99. The van der Waals surface area contributed by atoms with Gasteiger partial charge >= 0.3 is 0 Å². The first kappa shape index (κ1) is 13.4. The van der Waals surface area contributed by atoms with Crippen LogP contribution in [-0.2, 0) is 0 Å². The van der Waals surface area contributed by atoms with E-state index in [-0.39, 0.29) is 30.0 Å². The lowest BCUT2D eigenvalue weighted by Gasteiger charge is -2.17. The second-order valence-corrected chi connectivity index (χ2v) is 3.60. The molecule has 0 fully saturated rings. The average Bonchev–Trinajstić information content (AvgIpc) is 2.28. The Labute approximate surface area is 97.3 Å². The monoisotopic (exact) mass is 242 g/mol. The van der Waals surface area contributed by atoms with Gasteiger partial charge in [-0.15, -0.1) is 0 Å². The predicted molar refractivity (Wildman–Crippen MR) is 60.2 cm³/mol. The SMILES string of the molecule is Nc1ccc(C(O)C(O)CCO)cc1[N+](=O)[O-]. The minimum atomic E-state index is -1.29. The fourth-order valence-electron chi connectivity index (χ4n) is 1.42. The number of aliphatic hydroxyl groups is 3. The quantitative estimate of drug-likeness (QED) is 0.325. The molecule has 0 aliphatic rings. The molecule has 0 aliphatic heterocycles. The molecule has 1 aromatic carbocycles. The summed E-state index contributed by atoms with van der Waals surface area (Å²) in [5.41, 5.74) is 5.25. The topological polar surface area (TPSA) is 130 Å². The number of nitrogen functional groups attached to an aromatic ring is 1. The molecule has 0 radical (unpaired) electrons. The van der Waals surface area contributed by atoms with E-state index >= 15 is 0 Å². The van der Waals surface area contributed by atoms with Crippen LogP contribution in [0.1, 0.15) is 18.1 Å². The summed E-state index contributed by atoms with van der Waals surface area (Å²) in [6.45, 7) is -0.282. The van der Waals surface area contributed by atoms with Gasteiger partial charge in [0.1, 0.15) is 11.8 Å². The maximum atomic E-state index is 10.6. The molecule has 0 spiro atoms. The first-order valence-corrected chi connectivity index (χ1v) is 4.98. The van der Waals surface area contributed by atoms with Gasteiger partial charge in [0, 0.05) is 12.7 Å². The Morgan fingerprint density at radius 3 is 2.59 bits per heavy atom. The largest absolute Gasteiger partial charge is 0.396 e. The number of hydrogen-bond acceptors (Lipinski definition) is 6. The van der Waals surface area contributed by atoms with Gasteiger partial charge in [0.15, 0.2) is 0 Å². The van der Waals surface area contributed by atoms with Crippen LogP contribution in [-0.4, -0.2) is 33.0 Å². The molecule has 0 bridgehead atoms. The third kappa shape index (κ3) is 3.13. The number of nitrogens with two attached hydrogens (primary N) is 1. The fourth-order valence-corrected chi connectivity index (χ4v) is 1.42. The van der Waals surface area contributed by atoms with Gasteiger partial charge in [-0.2, -0.15) is 0 Å². The lowest BCUT2D eigenvalue weighted by atomic mass is 10.0. The first-order chi connectivity index (χ1) is 7.97. The molecular weight excluding hydrogens is 228 g/mol. The van der Waals surface area contributed by atoms with E-state index in [9.17, 15) is 20.3 Å². The number of nitro groups is 1. The van der Waals surface area contributed by atoms with E-state index in [0.717, 1.165) is 6.07 Å². The van der Waals surface area contributed by atoms with E-state index in [1.165, 1.54) is 12.1 Å². The van der Waals surface area contributed by atoms with Crippen molar-refractivity contribution < 1.29 is 20.2 Å². The lowest BCUT2D eigenvalue weighted by molar-refractivity contribution is -0.384. The highest BCUT2D eigenvalue weighted by molar-refractivity contribution is 5.59. The molecular formula is C10H14N2O5. The van der Waals surface area contributed by atoms with Crippen molar-refractivity contribution in [2.24, 2.45) is 0 Å². The van der Waals surface area contributed by atoms with Gasteiger partial charge in [0.25, 0.3) is 5.69 Å². The Morgan fingerprint density at radius 2 is 2.06 bits per heavy atom. The molecule has 0 heterocycles. The second-order valence-electron chi connectivity index (χ2n) is 3.60. The van der Waals surface area contributed by atoms with Gasteiger partial charge in [-0.25, -0.2) is 0 Å². The summed E-state index contributed by atoms with van der Waals surface area (Å²) in [5.74, 6) is 0. The van der Waals surface area contributed by atoms with Crippen LogP contribution in [0.3, 0.4) is 0 Å². The van der Waals surface area contributed by atoms with Crippen LogP contribution in [0.5, 0.6) is 0 Å². The van der Waals surface area contributed by atoms with Gasteiger partial charge in [-0.05, 0) is 18.1 Å². The number of hydrogen-bond donors (Lipinski definition) is 4. The zero-order valence-electron chi connectivity index (χ0n) is 8.98. The van der Waals surface area contributed by atoms with E-state index in [1.807, 2.05) is 0 Å². The number of nitrogens with zero attached hydrogens (tertiary/aromatic N) is 1. The van der Waals surface area contributed by atoms with Crippen LogP contribution in [0.25, 0.3) is 0 Å². The zero-order chi connectivity index (χ0) is 13.0. The van der Waals surface area contributed by atoms with Crippen molar-refractivity contribution in [2.75, 3.05) is 12.3 Å². The highest BCUT2D eigenvalue weighted by atomic mass is 16.6. The zero-order valence-corrected chi connectivity index (χ0v) is 8.98. The second kappa shape index (κ2) is 5.58. The van der Waals surface area contributed by atoms with Gasteiger partial charge in [0.05, 0.1) is 11.0 Å². The van der Waals surface area contributed by atoms with Crippen molar-refractivity contribution in [3.63, 3.8) is 0 Å². The predicted octanol–water partition coefficient (Wildman–Crippen LogP) is -0.0463. The van der Waals surface area contributed by atoms with Crippen LogP contribution in [0.15, 0.2) is 18.2 Å². The van der Waals surface area contributed by atoms with E-state index in [0.29, 0.717) is 0 Å². The standard InChI is InChI=1S/C10H14N2O5/c11-7-2-1-6(5-8(7)12(16)17)10(15)9(14)3-4-13/h1-2,5,9-10,13-15H,3-4,11H2. The van der Waals surface area contributed by atoms with Crippen LogP contribution >= 0.6 is 0 Å². The third-order valence-electron chi connectivity index (χ3n) is 2.38. The van der Waals surface area contributed by atoms with Crippen molar-refractivity contribution >= 4 is 11.4 Å². The van der Waals surface area contributed by atoms with Crippen LogP contribution < -0.4 is 5.73 Å². The van der Waals surface area contributed by atoms with Crippen molar-refractivity contribution in [1.29, 1.82) is 0 Å². The number of benzene rings is 1. The number of nitro benzene ring substituents is 1. The average molecular weight is 242 g/mol. The number of rotatable bonds is 5. The van der Waals surface area contributed by atoms with E-state index in [4.69, 9.17) is 10.8 Å². The van der Waals surface area contributed by atoms with Crippen LogP contribution in [0.4, 0.5) is 11.4 Å². The minimum Gasteiger partial charge on any atom is -0.396 e. The molecule has 2 atom stereocenters. The summed E-state index contributed by atoms with van der Waals surface area (Å²) in [5, 5.41) is 38.4. The van der Waals surface area contributed by atoms with E-state index in [1.54, 1.807) is 0 Å². The summed E-state index contributed by atoms with van der Waals surface area (Å²) < 4.78 is 0. The molecule has 17 heavy (non-hydrogen) atoms. The summed E-state index contributed by atoms with van der Waals surface area (Å²) >= 11 is 0. The summed E-state index contributed by atoms with van der Waals surface area (Å²) in [7, 11) is 0. The molecule has 0 saturated carbocycles. The van der Waals surface area contributed by atoms with Crippen molar-refractivity contribution in [3.8, 4) is 0 Å². The first-order valence-electron chi connectivity index (χ1n) is 4.98. The van der Waals surface area contributed by atoms with Gasteiger partial charge in [-0.1, -0.05) is 6.07 Å². The smallest absolute Gasteiger partial charge is 0.292 e. The molecule has 0 saturated heterocycles. The highest BCUT2D eigenvalue weighted by Gasteiger charge is 2.21. The maximum absolute atomic E-state index is 10.6. The van der Waals surface area contributed by atoms with Gasteiger partial charge in [-0.3, -0.25) is 10.1 Å². The molecule has 0 aliphatic carbocycles. The minimum absolute atomic E-state index is 0.0115. The molecule has 0 aromatic heterocycles. The lowest BCUT2D eigenvalue weighted by Crippen LogP contribution is -2.19. The van der Waals surface area contributed by atoms with E-state index < -0.39 is 17.1 Å².